The number of unbranched alkanes of at least 4 members (excludes halogenated alkanes) is 3. The van der Waals surface area contributed by atoms with Crippen LogP contribution in [-0.2, 0) is 9.59 Å². The van der Waals surface area contributed by atoms with Gasteiger partial charge in [0, 0.05) is 19.0 Å². The van der Waals surface area contributed by atoms with E-state index in [0.717, 1.165) is 32.2 Å². The van der Waals surface area contributed by atoms with Crippen LogP contribution in [0, 0.1) is 5.92 Å². The highest BCUT2D eigenvalue weighted by Gasteiger charge is 2.33. The smallest absolute Gasteiger partial charge is 0.305 e. The Morgan fingerprint density at radius 2 is 1.88 bits per heavy atom. The van der Waals surface area contributed by atoms with Gasteiger partial charge in [0.15, 0.2) is 0 Å². The zero-order chi connectivity index (χ0) is 12.7. The van der Waals surface area contributed by atoms with Gasteiger partial charge in [-0.3, -0.25) is 9.59 Å². The molecule has 0 heterocycles. The lowest BCUT2D eigenvalue weighted by Gasteiger charge is -2.22. The zero-order valence-electron chi connectivity index (χ0n) is 10.7. The van der Waals surface area contributed by atoms with Crippen LogP contribution in [-0.4, -0.2) is 35.0 Å². The lowest BCUT2D eigenvalue weighted by Crippen LogP contribution is -2.35. The van der Waals surface area contributed by atoms with Crippen molar-refractivity contribution in [2.75, 3.05) is 13.1 Å². The first-order valence-electron chi connectivity index (χ1n) is 6.65. The third-order valence-electron chi connectivity index (χ3n) is 3.12. The van der Waals surface area contributed by atoms with Crippen molar-refractivity contribution in [2.24, 2.45) is 5.92 Å². The predicted molar refractivity (Wildman–Crippen MR) is 65.7 cm³/mol. The minimum absolute atomic E-state index is 0.0617. The van der Waals surface area contributed by atoms with Gasteiger partial charge >= 0.3 is 5.97 Å². The van der Waals surface area contributed by atoms with Crippen LogP contribution in [0.3, 0.4) is 0 Å². The molecule has 1 aliphatic carbocycles. The van der Waals surface area contributed by atoms with Crippen molar-refractivity contribution < 1.29 is 14.7 Å². The molecule has 1 rings (SSSR count). The van der Waals surface area contributed by atoms with Crippen LogP contribution in [0.15, 0.2) is 0 Å². The third kappa shape index (κ3) is 5.71. The molecule has 0 saturated heterocycles. The molecule has 0 spiro atoms. The largest absolute Gasteiger partial charge is 0.481 e. The Hall–Kier alpha value is -1.06. The maximum atomic E-state index is 11.9. The van der Waals surface area contributed by atoms with Gasteiger partial charge in [-0.15, -0.1) is 0 Å². The van der Waals surface area contributed by atoms with Crippen LogP contribution in [0.25, 0.3) is 0 Å². The SMILES string of the molecule is CCCCCCN(CCC(=O)O)C(=O)C1CC1. The highest BCUT2D eigenvalue weighted by atomic mass is 16.4. The van der Waals surface area contributed by atoms with Crippen LogP contribution in [0.5, 0.6) is 0 Å². The molecule has 0 aliphatic heterocycles. The summed E-state index contributed by atoms with van der Waals surface area (Å²) in [6, 6.07) is 0. The molecule has 4 nitrogen and oxygen atoms in total. The molecule has 17 heavy (non-hydrogen) atoms. The van der Waals surface area contributed by atoms with E-state index in [1.807, 2.05) is 0 Å². The number of carboxylic acids is 1. The average molecular weight is 241 g/mol. The number of carbonyl (C=O) groups excluding carboxylic acids is 1. The summed E-state index contributed by atoms with van der Waals surface area (Å²) in [4.78, 5) is 24.2. The summed E-state index contributed by atoms with van der Waals surface area (Å²) in [7, 11) is 0. The fourth-order valence-corrected chi connectivity index (χ4v) is 1.88. The van der Waals surface area contributed by atoms with Crippen LogP contribution in [0.2, 0.25) is 0 Å². The first-order chi connectivity index (χ1) is 8.15. The normalized spacial score (nSPS) is 14.6. The van der Waals surface area contributed by atoms with Gasteiger partial charge in [0.2, 0.25) is 5.91 Å². The summed E-state index contributed by atoms with van der Waals surface area (Å²) in [5.74, 6) is -0.468. The molecule has 98 valence electrons. The number of carbonyl (C=O) groups is 2. The number of rotatable bonds is 9. The van der Waals surface area contributed by atoms with Crippen molar-refractivity contribution in [3.63, 3.8) is 0 Å². The Morgan fingerprint density at radius 3 is 2.41 bits per heavy atom. The average Bonchev–Trinajstić information content (AvgIpc) is 3.11. The second kappa shape index (κ2) is 7.30. The summed E-state index contributed by atoms with van der Waals surface area (Å²) in [5, 5.41) is 8.67. The summed E-state index contributed by atoms with van der Waals surface area (Å²) in [6.07, 6.45) is 6.50. The minimum Gasteiger partial charge on any atom is -0.481 e. The Morgan fingerprint density at radius 1 is 1.18 bits per heavy atom. The number of nitrogens with zero attached hydrogens (tertiary/aromatic N) is 1. The molecule has 1 aliphatic rings. The molecule has 0 aromatic carbocycles. The number of aliphatic carboxylic acids is 1. The summed E-state index contributed by atoms with van der Waals surface area (Å²) in [6.45, 7) is 3.25. The first kappa shape index (κ1) is 14.0. The topological polar surface area (TPSA) is 57.6 Å². The van der Waals surface area contributed by atoms with E-state index < -0.39 is 5.97 Å². The van der Waals surface area contributed by atoms with E-state index in [2.05, 4.69) is 6.92 Å². The molecule has 1 saturated carbocycles. The Kier molecular flexibility index (Phi) is 6.01. The number of hydrogen-bond donors (Lipinski definition) is 1. The lowest BCUT2D eigenvalue weighted by atomic mass is 10.2. The van der Waals surface area contributed by atoms with E-state index in [0.29, 0.717) is 6.54 Å². The van der Waals surface area contributed by atoms with Crippen molar-refractivity contribution in [3.8, 4) is 0 Å². The summed E-state index contributed by atoms with van der Waals surface area (Å²) >= 11 is 0. The number of amides is 1. The Labute approximate surface area is 103 Å². The van der Waals surface area contributed by atoms with Gasteiger partial charge < -0.3 is 10.0 Å². The van der Waals surface area contributed by atoms with E-state index >= 15 is 0 Å². The van der Waals surface area contributed by atoms with E-state index in [4.69, 9.17) is 5.11 Å². The van der Waals surface area contributed by atoms with Crippen molar-refractivity contribution in [1.29, 1.82) is 0 Å². The molecule has 0 bridgehead atoms. The number of carboxylic acid groups (broad SMARTS) is 1. The molecule has 0 unspecified atom stereocenters. The quantitative estimate of drug-likeness (QED) is 0.630. The van der Waals surface area contributed by atoms with Crippen LogP contribution < -0.4 is 0 Å². The van der Waals surface area contributed by atoms with Gasteiger partial charge in [-0.25, -0.2) is 0 Å². The van der Waals surface area contributed by atoms with E-state index in [1.165, 1.54) is 12.8 Å². The van der Waals surface area contributed by atoms with E-state index in [9.17, 15) is 9.59 Å². The van der Waals surface area contributed by atoms with Crippen molar-refractivity contribution in [1.82, 2.24) is 4.90 Å². The molecule has 1 fully saturated rings. The van der Waals surface area contributed by atoms with Gasteiger partial charge in [0.05, 0.1) is 6.42 Å². The third-order valence-corrected chi connectivity index (χ3v) is 3.12. The van der Waals surface area contributed by atoms with Crippen molar-refractivity contribution in [3.05, 3.63) is 0 Å². The van der Waals surface area contributed by atoms with Gasteiger partial charge in [0.25, 0.3) is 0 Å². The van der Waals surface area contributed by atoms with Gasteiger partial charge in [-0.1, -0.05) is 26.2 Å². The molecule has 1 N–H and O–H groups in total. The maximum absolute atomic E-state index is 11.9. The molecular weight excluding hydrogens is 218 g/mol. The second-order valence-electron chi connectivity index (χ2n) is 4.80. The standard InChI is InChI=1S/C13H23NO3/c1-2-3-4-5-9-14(10-8-12(15)16)13(17)11-6-7-11/h11H,2-10H2,1H3,(H,15,16). The van der Waals surface area contributed by atoms with E-state index in [1.54, 1.807) is 4.90 Å². The first-order valence-corrected chi connectivity index (χ1v) is 6.65. The maximum Gasteiger partial charge on any atom is 0.305 e. The zero-order valence-corrected chi connectivity index (χ0v) is 10.7. The Balaban J connectivity index is 2.29. The molecule has 0 aromatic rings. The molecule has 1 amide bonds. The van der Waals surface area contributed by atoms with Crippen molar-refractivity contribution in [2.45, 2.75) is 51.9 Å². The van der Waals surface area contributed by atoms with Crippen LogP contribution >= 0.6 is 0 Å². The molecule has 0 radical (unpaired) electrons. The fraction of sp³-hybridized carbons (Fsp3) is 0.846. The van der Waals surface area contributed by atoms with Crippen LogP contribution in [0.1, 0.15) is 51.9 Å². The highest BCUT2D eigenvalue weighted by molar-refractivity contribution is 5.81. The van der Waals surface area contributed by atoms with Crippen molar-refractivity contribution >= 4 is 11.9 Å². The number of hydrogen-bond acceptors (Lipinski definition) is 2. The van der Waals surface area contributed by atoms with Crippen LogP contribution in [0.4, 0.5) is 0 Å². The molecule has 4 heteroatoms. The fourth-order valence-electron chi connectivity index (χ4n) is 1.88. The second-order valence-corrected chi connectivity index (χ2v) is 4.80. The van der Waals surface area contributed by atoms with E-state index in [-0.39, 0.29) is 18.2 Å². The van der Waals surface area contributed by atoms with Gasteiger partial charge in [-0.05, 0) is 19.3 Å². The molecular formula is C13H23NO3. The molecule has 0 aromatic heterocycles. The predicted octanol–water partition coefficient (Wildman–Crippen LogP) is 2.28. The summed E-state index contributed by atoms with van der Waals surface area (Å²) in [5.41, 5.74) is 0. The van der Waals surface area contributed by atoms with Gasteiger partial charge in [-0.2, -0.15) is 0 Å². The minimum atomic E-state index is -0.827. The monoisotopic (exact) mass is 241 g/mol. The Bertz CT molecular complexity index is 261. The lowest BCUT2D eigenvalue weighted by molar-refractivity contribution is -0.138. The summed E-state index contributed by atoms with van der Waals surface area (Å²) < 4.78 is 0. The highest BCUT2D eigenvalue weighted by Crippen LogP contribution is 2.31. The molecule has 0 atom stereocenters. The van der Waals surface area contributed by atoms with Gasteiger partial charge in [0.1, 0.15) is 0 Å².